The Labute approximate surface area is 77.3 Å². The van der Waals surface area contributed by atoms with E-state index < -0.39 is 0 Å². The highest BCUT2D eigenvalue weighted by Crippen LogP contribution is 2.27. The molecule has 0 amide bonds. The first-order valence-electron chi connectivity index (χ1n) is 3.94. The molecule has 0 N–H and O–H groups in total. The average molecular weight is 180 g/mol. The number of likely N-dealkylation sites (N-methyl/N-ethyl adjacent to an activating group) is 1. The summed E-state index contributed by atoms with van der Waals surface area (Å²) in [6, 6.07) is 5.97. The van der Waals surface area contributed by atoms with Gasteiger partial charge in [0.15, 0.2) is 0 Å². The number of halogens is 1. The molecule has 0 aliphatic carbocycles. The molecular weight excluding hydrogens is 170 g/mol. The molecule has 0 atom stereocenters. The summed E-state index contributed by atoms with van der Waals surface area (Å²) in [6.07, 6.45) is 4.25. The third kappa shape index (κ3) is 1.21. The third-order valence-electron chi connectivity index (χ3n) is 2.08. The SMILES string of the molecule is CN1CC=Cc2cc(Cl)ccc21. The molecular formula is C10H10ClN. The second-order valence-electron chi connectivity index (χ2n) is 2.99. The fraction of sp³-hybridized carbons (Fsp3) is 0.200. The van der Waals surface area contributed by atoms with Crippen LogP contribution >= 0.6 is 11.6 Å². The van der Waals surface area contributed by atoms with Gasteiger partial charge >= 0.3 is 0 Å². The fourth-order valence-electron chi connectivity index (χ4n) is 1.44. The van der Waals surface area contributed by atoms with Gasteiger partial charge in [-0.25, -0.2) is 0 Å². The van der Waals surface area contributed by atoms with Crippen LogP contribution in [0.3, 0.4) is 0 Å². The quantitative estimate of drug-likeness (QED) is 0.592. The molecule has 1 nitrogen and oxygen atoms in total. The number of anilines is 1. The van der Waals surface area contributed by atoms with Crippen LogP contribution in [0.15, 0.2) is 24.3 Å². The van der Waals surface area contributed by atoms with Gasteiger partial charge in [0.1, 0.15) is 0 Å². The molecule has 2 rings (SSSR count). The maximum atomic E-state index is 5.87. The van der Waals surface area contributed by atoms with Gasteiger partial charge in [0.05, 0.1) is 0 Å². The van der Waals surface area contributed by atoms with Crippen LogP contribution in [0, 0.1) is 0 Å². The average Bonchev–Trinajstić information content (AvgIpc) is 2.04. The zero-order chi connectivity index (χ0) is 8.55. The molecule has 1 heterocycles. The van der Waals surface area contributed by atoms with E-state index in [-0.39, 0.29) is 0 Å². The van der Waals surface area contributed by atoms with E-state index in [1.165, 1.54) is 11.3 Å². The fourth-order valence-corrected chi connectivity index (χ4v) is 1.62. The summed E-state index contributed by atoms with van der Waals surface area (Å²) >= 11 is 5.87. The van der Waals surface area contributed by atoms with Crippen LogP contribution in [0.2, 0.25) is 5.02 Å². The van der Waals surface area contributed by atoms with Gasteiger partial charge in [-0.3, -0.25) is 0 Å². The summed E-state index contributed by atoms with van der Waals surface area (Å²) in [5.74, 6) is 0. The zero-order valence-corrected chi connectivity index (χ0v) is 7.67. The van der Waals surface area contributed by atoms with E-state index in [0.29, 0.717) is 0 Å². The Hall–Kier alpha value is -0.950. The third-order valence-corrected chi connectivity index (χ3v) is 2.31. The van der Waals surface area contributed by atoms with E-state index in [1.807, 2.05) is 12.1 Å². The lowest BCUT2D eigenvalue weighted by atomic mass is 10.1. The van der Waals surface area contributed by atoms with Gasteiger partial charge in [0.25, 0.3) is 0 Å². The van der Waals surface area contributed by atoms with Crippen molar-refractivity contribution < 1.29 is 0 Å². The highest BCUT2D eigenvalue weighted by atomic mass is 35.5. The molecule has 1 aliphatic heterocycles. The minimum atomic E-state index is 0.800. The molecule has 0 unspecified atom stereocenters. The summed E-state index contributed by atoms with van der Waals surface area (Å²) in [7, 11) is 2.08. The van der Waals surface area contributed by atoms with E-state index in [4.69, 9.17) is 11.6 Å². The lowest BCUT2D eigenvalue weighted by Crippen LogP contribution is -2.19. The van der Waals surface area contributed by atoms with Crippen molar-refractivity contribution in [3.05, 3.63) is 34.9 Å². The van der Waals surface area contributed by atoms with Gasteiger partial charge < -0.3 is 4.90 Å². The maximum Gasteiger partial charge on any atom is 0.0440 e. The predicted molar refractivity (Wildman–Crippen MR) is 53.8 cm³/mol. The molecule has 2 heteroatoms. The molecule has 1 aliphatic rings. The Morgan fingerprint density at radius 3 is 3.08 bits per heavy atom. The number of benzene rings is 1. The Morgan fingerprint density at radius 2 is 2.25 bits per heavy atom. The summed E-state index contributed by atoms with van der Waals surface area (Å²) in [4.78, 5) is 2.20. The summed E-state index contributed by atoms with van der Waals surface area (Å²) in [5.41, 5.74) is 2.46. The lowest BCUT2D eigenvalue weighted by molar-refractivity contribution is 1.02. The Morgan fingerprint density at radius 1 is 1.42 bits per heavy atom. The van der Waals surface area contributed by atoms with Gasteiger partial charge in [-0.05, 0) is 23.8 Å². The smallest absolute Gasteiger partial charge is 0.0440 e. The molecule has 1 aromatic rings. The van der Waals surface area contributed by atoms with Crippen LogP contribution in [-0.2, 0) is 0 Å². The Kier molecular flexibility index (Phi) is 1.81. The minimum Gasteiger partial charge on any atom is -0.370 e. The maximum absolute atomic E-state index is 5.87. The second kappa shape index (κ2) is 2.83. The molecule has 0 radical (unpaired) electrons. The first-order chi connectivity index (χ1) is 5.77. The van der Waals surface area contributed by atoms with Crippen molar-refractivity contribution in [2.45, 2.75) is 0 Å². The van der Waals surface area contributed by atoms with Gasteiger partial charge in [-0.15, -0.1) is 0 Å². The van der Waals surface area contributed by atoms with Gasteiger partial charge in [0, 0.05) is 24.3 Å². The molecule has 0 aromatic heterocycles. The number of nitrogens with zero attached hydrogens (tertiary/aromatic N) is 1. The van der Waals surface area contributed by atoms with Crippen LogP contribution in [0.25, 0.3) is 6.08 Å². The standard InChI is InChI=1S/C10H10ClN/c1-12-6-2-3-8-7-9(11)4-5-10(8)12/h2-5,7H,6H2,1H3. The van der Waals surface area contributed by atoms with Crippen LogP contribution in [0.5, 0.6) is 0 Å². The summed E-state index contributed by atoms with van der Waals surface area (Å²) in [6.45, 7) is 0.981. The normalized spacial score (nSPS) is 14.7. The van der Waals surface area contributed by atoms with E-state index in [1.54, 1.807) is 0 Å². The topological polar surface area (TPSA) is 3.24 Å². The van der Waals surface area contributed by atoms with Crippen molar-refractivity contribution in [3.8, 4) is 0 Å². The van der Waals surface area contributed by atoms with E-state index in [9.17, 15) is 0 Å². The van der Waals surface area contributed by atoms with Crippen molar-refractivity contribution in [1.29, 1.82) is 0 Å². The van der Waals surface area contributed by atoms with Crippen molar-refractivity contribution in [3.63, 3.8) is 0 Å². The number of hydrogen-bond donors (Lipinski definition) is 0. The number of rotatable bonds is 0. The largest absolute Gasteiger partial charge is 0.370 e. The first kappa shape index (κ1) is 7.69. The first-order valence-corrected chi connectivity index (χ1v) is 4.32. The lowest BCUT2D eigenvalue weighted by Gasteiger charge is -2.23. The van der Waals surface area contributed by atoms with Gasteiger partial charge in [0.2, 0.25) is 0 Å². The molecule has 0 saturated heterocycles. The molecule has 1 aromatic carbocycles. The Bertz CT molecular complexity index is 331. The molecule has 0 saturated carbocycles. The van der Waals surface area contributed by atoms with Crippen molar-refractivity contribution in [2.24, 2.45) is 0 Å². The van der Waals surface area contributed by atoms with Crippen molar-refractivity contribution in [2.75, 3.05) is 18.5 Å². The monoisotopic (exact) mass is 179 g/mol. The van der Waals surface area contributed by atoms with Crippen LogP contribution in [0.1, 0.15) is 5.56 Å². The molecule has 0 spiro atoms. The van der Waals surface area contributed by atoms with Gasteiger partial charge in [-0.2, -0.15) is 0 Å². The van der Waals surface area contributed by atoms with E-state index in [0.717, 1.165) is 11.6 Å². The highest BCUT2D eigenvalue weighted by Gasteiger charge is 2.08. The van der Waals surface area contributed by atoms with Gasteiger partial charge in [-0.1, -0.05) is 23.8 Å². The highest BCUT2D eigenvalue weighted by molar-refractivity contribution is 6.30. The van der Waals surface area contributed by atoms with Crippen molar-refractivity contribution >= 4 is 23.4 Å². The molecule has 0 bridgehead atoms. The number of hydrogen-bond acceptors (Lipinski definition) is 1. The second-order valence-corrected chi connectivity index (χ2v) is 3.42. The minimum absolute atomic E-state index is 0.800. The predicted octanol–water partition coefficient (Wildman–Crippen LogP) is 2.80. The number of fused-ring (bicyclic) bond motifs is 1. The molecule has 62 valence electrons. The van der Waals surface area contributed by atoms with E-state index >= 15 is 0 Å². The van der Waals surface area contributed by atoms with Crippen LogP contribution in [-0.4, -0.2) is 13.6 Å². The zero-order valence-electron chi connectivity index (χ0n) is 6.92. The molecule has 12 heavy (non-hydrogen) atoms. The summed E-state index contributed by atoms with van der Waals surface area (Å²) < 4.78 is 0. The molecule has 0 fully saturated rings. The summed E-state index contributed by atoms with van der Waals surface area (Å²) in [5, 5.41) is 0.800. The Balaban J connectivity index is 2.55. The van der Waals surface area contributed by atoms with Crippen molar-refractivity contribution in [1.82, 2.24) is 0 Å². The van der Waals surface area contributed by atoms with E-state index in [2.05, 4.69) is 30.2 Å². The van der Waals surface area contributed by atoms with Crippen LogP contribution in [0.4, 0.5) is 5.69 Å². The van der Waals surface area contributed by atoms with Crippen LogP contribution < -0.4 is 4.90 Å².